The molecule has 4 nitrogen and oxygen atoms in total. The molecule has 0 fully saturated rings. The highest BCUT2D eigenvalue weighted by atomic mass is 16.2. The minimum absolute atomic E-state index is 0.0331. The van der Waals surface area contributed by atoms with Crippen LogP contribution in [0.25, 0.3) is 0 Å². The summed E-state index contributed by atoms with van der Waals surface area (Å²) in [5.41, 5.74) is 2.18. The first-order valence-electron chi connectivity index (χ1n) is 6.88. The molecule has 0 radical (unpaired) electrons. The number of nitrogens with zero attached hydrogens (tertiary/aromatic N) is 2. The van der Waals surface area contributed by atoms with E-state index in [0.29, 0.717) is 6.54 Å². The fourth-order valence-electron chi connectivity index (χ4n) is 2.50. The second-order valence-electron chi connectivity index (χ2n) is 4.97. The Hall–Kier alpha value is -2.10. The van der Waals surface area contributed by atoms with E-state index in [9.17, 15) is 9.59 Å². The van der Waals surface area contributed by atoms with Crippen molar-refractivity contribution in [1.29, 1.82) is 0 Å². The zero-order valence-electron chi connectivity index (χ0n) is 11.8. The molecule has 2 rings (SSSR count). The first-order valence-corrected chi connectivity index (χ1v) is 6.88. The minimum Gasteiger partial charge on any atom is -0.330 e. The SMILES string of the molecule is C=CCN(CC(=O)N1CCCc2ccccc21)C(C)=O. The van der Waals surface area contributed by atoms with Crippen molar-refractivity contribution in [2.75, 3.05) is 24.5 Å². The summed E-state index contributed by atoms with van der Waals surface area (Å²) in [6.45, 7) is 6.32. The molecule has 0 N–H and O–H groups in total. The van der Waals surface area contributed by atoms with Crippen LogP contribution in [-0.4, -0.2) is 36.3 Å². The van der Waals surface area contributed by atoms with Crippen LogP contribution >= 0.6 is 0 Å². The molecule has 1 aliphatic heterocycles. The lowest BCUT2D eigenvalue weighted by Crippen LogP contribution is -2.44. The van der Waals surface area contributed by atoms with E-state index in [4.69, 9.17) is 0 Å². The molecule has 0 aromatic heterocycles. The maximum Gasteiger partial charge on any atom is 0.246 e. The van der Waals surface area contributed by atoms with Crippen molar-refractivity contribution in [3.8, 4) is 0 Å². The quantitative estimate of drug-likeness (QED) is 0.787. The molecule has 2 amide bonds. The number of carbonyl (C=O) groups is 2. The molecule has 0 atom stereocenters. The molecule has 0 bridgehead atoms. The first kappa shape index (κ1) is 14.3. The maximum atomic E-state index is 12.4. The summed E-state index contributed by atoms with van der Waals surface area (Å²) in [6.07, 6.45) is 3.60. The van der Waals surface area contributed by atoms with Gasteiger partial charge in [0.15, 0.2) is 0 Å². The van der Waals surface area contributed by atoms with Gasteiger partial charge in [-0.1, -0.05) is 24.3 Å². The number of benzene rings is 1. The molecule has 1 aliphatic rings. The highest BCUT2D eigenvalue weighted by Gasteiger charge is 2.24. The number of hydrogen-bond donors (Lipinski definition) is 0. The van der Waals surface area contributed by atoms with Gasteiger partial charge in [-0.15, -0.1) is 6.58 Å². The number of carbonyl (C=O) groups excluding carboxylic acids is 2. The van der Waals surface area contributed by atoms with Crippen molar-refractivity contribution in [3.63, 3.8) is 0 Å². The molecule has 1 aromatic carbocycles. The molecule has 106 valence electrons. The Morgan fingerprint density at radius 3 is 2.85 bits per heavy atom. The lowest BCUT2D eigenvalue weighted by Gasteiger charge is -2.31. The van der Waals surface area contributed by atoms with Gasteiger partial charge >= 0.3 is 0 Å². The Balaban J connectivity index is 2.14. The van der Waals surface area contributed by atoms with Gasteiger partial charge in [0.2, 0.25) is 11.8 Å². The molecular formula is C16H20N2O2. The van der Waals surface area contributed by atoms with Gasteiger partial charge in [0.1, 0.15) is 6.54 Å². The van der Waals surface area contributed by atoms with Crippen molar-refractivity contribution in [2.24, 2.45) is 0 Å². The zero-order valence-corrected chi connectivity index (χ0v) is 11.8. The van der Waals surface area contributed by atoms with E-state index in [-0.39, 0.29) is 18.4 Å². The lowest BCUT2D eigenvalue weighted by atomic mass is 10.0. The second-order valence-corrected chi connectivity index (χ2v) is 4.97. The largest absolute Gasteiger partial charge is 0.330 e. The number of hydrogen-bond acceptors (Lipinski definition) is 2. The van der Waals surface area contributed by atoms with Crippen LogP contribution in [0.1, 0.15) is 18.9 Å². The van der Waals surface area contributed by atoms with Crippen molar-refractivity contribution in [2.45, 2.75) is 19.8 Å². The third-order valence-corrected chi connectivity index (χ3v) is 3.53. The van der Waals surface area contributed by atoms with E-state index in [1.54, 1.807) is 11.0 Å². The van der Waals surface area contributed by atoms with Crippen molar-refractivity contribution in [1.82, 2.24) is 4.90 Å². The molecule has 0 aliphatic carbocycles. The van der Waals surface area contributed by atoms with E-state index >= 15 is 0 Å². The summed E-state index contributed by atoms with van der Waals surface area (Å²) >= 11 is 0. The number of amides is 2. The summed E-state index contributed by atoms with van der Waals surface area (Å²) in [5, 5.41) is 0. The molecule has 20 heavy (non-hydrogen) atoms. The van der Waals surface area contributed by atoms with Crippen LogP contribution in [0, 0.1) is 0 Å². The second kappa shape index (κ2) is 6.37. The number of rotatable bonds is 4. The Bertz CT molecular complexity index is 525. The van der Waals surface area contributed by atoms with Crippen molar-refractivity contribution >= 4 is 17.5 Å². The van der Waals surface area contributed by atoms with Gasteiger partial charge < -0.3 is 9.80 Å². The number of para-hydroxylation sites is 1. The Morgan fingerprint density at radius 1 is 1.40 bits per heavy atom. The predicted octanol–water partition coefficient (Wildman–Crippen LogP) is 2.00. The zero-order chi connectivity index (χ0) is 14.5. The smallest absolute Gasteiger partial charge is 0.246 e. The van der Waals surface area contributed by atoms with Gasteiger partial charge in [0.25, 0.3) is 0 Å². The van der Waals surface area contributed by atoms with E-state index in [2.05, 4.69) is 12.6 Å². The first-order chi connectivity index (χ1) is 9.63. The van der Waals surface area contributed by atoms with E-state index < -0.39 is 0 Å². The third kappa shape index (κ3) is 3.07. The summed E-state index contributed by atoms with van der Waals surface area (Å²) in [6, 6.07) is 7.96. The van der Waals surface area contributed by atoms with E-state index in [1.165, 1.54) is 17.4 Å². The lowest BCUT2D eigenvalue weighted by molar-refractivity contribution is -0.132. The molecule has 1 aromatic rings. The van der Waals surface area contributed by atoms with Gasteiger partial charge in [-0.05, 0) is 24.5 Å². The maximum absolute atomic E-state index is 12.4. The Labute approximate surface area is 119 Å². The van der Waals surface area contributed by atoms with E-state index in [0.717, 1.165) is 25.1 Å². The minimum atomic E-state index is -0.108. The van der Waals surface area contributed by atoms with Gasteiger partial charge in [0.05, 0.1) is 0 Å². The molecule has 0 unspecified atom stereocenters. The topological polar surface area (TPSA) is 40.6 Å². The third-order valence-electron chi connectivity index (χ3n) is 3.53. The standard InChI is InChI=1S/C16H20N2O2/c1-3-10-17(13(2)19)12-16(20)18-11-6-8-14-7-4-5-9-15(14)18/h3-5,7,9H,1,6,8,10-12H2,2H3. The van der Waals surface area contributed by atoms with Crippen LogP contribution < -0.4 is 4.90 Å². The van der Waals surface area contributed by atoms with Crippen LogP contribution in [0.2, 0.25) is 0 Å². The monoisotopic (exact) mass is 272 g/mol. The number of anilines is 1. The Morgan fingerprint density at radius 2 is 2.15 bits per heavy atom. The Kier molecular flexibility index (Phi) is 4.56. The van der Waals surface area contributed by atoms with Crippen LogP contribution in [0.5, 0.6) is 0 Å². The highest BCUT2D eigenvalue weighted by molar-refractivity contribution is 5.97. The van der Waals surface area contributed by atoms with Crippen LogP contribution in [0.15, 0.2) is 36.9 Å². The van der Waals surface area contributed by atoms with Gasteiger partial charge in [-0.25, -0.2) is 0 Å². The van der Waals surface area contributed by atoms with Gasteiger partial charge in [-0.2, -0.15) is 0 Å². The fourth-order valence-corrected chi connectivity index (χ4v) is 2.50. The summed E-state index contributed by atoms with van der Waals surface area (Å²) in [4.78, 5) is 27.2. The number of aryl methyl sites for hydroxylation is 1. The fraction of sp³-hybridized carbons (Fsp3) is 0.375. The van der Waals surface area contributed by atoms with Crippen LogP contribution in [0.3, 0.4) is 0 Å². The van der Waals surface area contributed by atoms with Crippen LogP contribution in [-0.2, 0) is 16.0 Å². The molecular weight excluding hydrogens is 252 g/mol. The highest BCUT2D eigenvalue weighted by Crippen LogP contribution is 2.26. The van der Waals surface area contributed by atoms with Crippen LogP contribution in [0.4, 0.5) is 5.69 Å². The molecule has 0 saturated heterocycles. The normalized spacial score (nSPS) is 13.6. The molecule has 0 spiro atoms. The summed E-state index contributed by atoms with van der Waals surface area (Å²) < 4.78 is 0. The molecule has 4 heteroatoms. The molecule has 0 saturated carbocycles. The summed E-state index contributed by atoms with van der Waals surface area (Å²) in [5.74, 6) is -0.141. The average Bonchev–Trinajstić information content (AvgIpc) is 2.46. The average molecular weight is 272 g/mol. The molecule has 1 heterocycles. The van der Waals surface area contributed by atoms with Crippen molar-refractivity contribution < 1.29 is 9.59 Å². The number of fused-ring (bicyclic) bond motifs is 1. The van der Waals surface area contributed by atoms with E-state index in [1.807, 2.05) is 18.2 Å². The summed E-state index contributed by atoms with van der Waals surface area (Å²) in [7, 11) is 0. The van der Waals surface area contributed by atoms with Gasteiger partial charge in [0, 0.05) is 25.7 Å². The van der Waals surface area contributed by atoms with Gasteiger partial charge in [-0.3, -0.25) is 9.59 Å². The predicted molar refractivity (Wildman–Crippen MR) is 79.6 cm³/mol. The van der Waals surface area contributed by atoms with Crippen molar-refractivity contribution in [3.05, 3.63) is 42.5 Å².